The molecule has 0 aliphatic heterocycles. The zero-order valence-corrected chi connectivity index (χ0v) is 11.7. The molecule has 1 fully saturated rings. The topological polar surface area (TPSA) is 50.1 Å². The standard InChI is InChI=1S/C14H25N3O/c1-11(2)16-14(10-18)6-4-5-13(7-14)17-9-12(3)8-15-17/h8-9,11,13,16,18H,4-7,10H2,1-3H3. The van der Waals surface area contributed by atoms with Crippen molar-refractivity contribution in [1.82, 2.24) is 15.1 Å². The first-order chi connectivity index (χ1) is 8.54. The normalized spacial score (nSPS) is 28.8. The molecule has 2 atom stereocenters. The van der Waals surface area contributed by atoms with Gasteiger partial charge in [0.2, 0.25) is 0 Å². The lowest BCUT2D eigenvalue weighted by molar-refractivity contribution is 0.0873. The van der Waals surface area contributed by atoms with E-state index in [0.717, 1.165) is 25.7 Å². The molecule has 0 saturated heterocycles. The molecule has 1 aliphatic carbocycles. The molecular weight excluding hydrogens is 226 g/mol. The molecule has 2 rings (SSSR count). The van der Waals surface area contributed by atoms with Crippen molar-refractivity contribution in [2.75, 3.05) is 6.61 Å². The van der Waals surface area contributed by atoms with Crippen LogP contribution in [0.1, 0.15) is 51.1 Å². The number of aryl methyl sites for hydroxylation is 1. The molecule has 1 aliphatic rings. The molecule has 0 bridgehead atoms. The number of rotatable bonds is 4. The number of hydrogen-bond donors (Lipinski definition) is 2. The predicted octanol–water partition coefficient (Wildman–Crippen LogP) is 2.04. The Morgan fingerprint density at radius 1 is 1.61 bits per heavy atom. The third-order valence-corrected chi connectivity index (χ3v) is 3.82. The highest BCUT2D eigenvalue weighted by Crippen LogP contribution is 2.35. The van der Waals surface area contributed by atoms with E-state index in [0.29, 0.717) is 12.1 Å². The van der Waals surface area contributed by atoms with Crippen LogP contribution in [0.5, 0.6) is 0 Å². The summed E-state index contributed by atoms with van der Waals surface area (Å²) in [6, 6.07) is 0.807. The molecule has 2 N–H and O–H groups in total. The van der Waals surface area contributed by atoms with E-state index in [1.165, 1.54) is 5.56 Å². The van der Waals surface area contributed by atoms with Crippen LogP contribution in [0, 0.1) is 6.92 Å². The summed E-state index contributed by atoms with van der Waals surface area (Å²) in [4.78, 5) is 0. The first-order valence-corrected chi connectivity index (χ1v) is 6.94. The van der Waals surface area contributed by atoms with E-state index in [9.17, 15) is 5.11 Å². The maximum absolute atomic E-state index is 9.77. The molecule has 0 amide bonds. The second-order valence-corrected chi connectivity index (χ2v) is 5.99. The van der Waals surface area contributed by atoms with Crippen molar-refractivity contribution < 1.29 is 5.11 Å². The van der Waals surface area contributed by atoms with Crippen molar-refractivity contribution in [3.05, 3.63) is 18.0 Å². The summed E-state index contributed by atoms with van der Waals surface area (Å²) in [5.41, 5.74) is 1.07. The lowest BCUT2D eigenvalue weighted by atomic mass is 9.79. The summed E-state index contributed by atoms with van der Waals surface area (Å²) >= 11 is 0. The Hall–Kier alpha value is -0.870. The van der Waals surface area contributed by atoms with E-state index in [2.05, 4.69) is 42.1 Å². The van der Waals surface area contributed by atoms with Crippen molar-refractivity contribution in [3.63, 3.8) is 0 Å². The monoisotopic (exact) mass is 251 g/mol. The van der Waals surface area contributed by atoms with Crippen molar-refractivity contribution >= 4 is 0 Å². The van der Waals surface area contributed by atoms with Gasteiger partial charge in [0.25, 0.3) is 0 Å². The summed E-state index contributed by atoms with van der Waals surface area (Å²) in [5, 5.41) is 17.8. The van der Waals surface area contributed by atoms with Crippen LogP contribution < -0.4 is 5.32 Å². The lowest BCUT2D eigenvalue weighted by Gasteiger charge is -2.41. The van der Waals surface area contributed by atoms with Crippen LogP contribution >= 0.6 is 0 Å². The van der Waals surface area contributed by atoms with Crippen LogP contribution in [0.15, 0.2) is 12.4 Å². The third-order valence-electron chi connectivity index (χ3n) is 3.82. The fourth-order valence-electron chi connectivity index (χ4n) is 3.12. The van der Waals surface area contributed by atoms with Gasteiger partial charge in [-0.05, 0) is 38.2 Å². The van der Waals surface area contributed by atoms with Crippen molar-refractivity contribution in [1.29, 1.82) is 0 Å². The van der Waals surface area contributed by atoms with E-state index in [4.69, 9.17) is 0 Å². The molecule has 102 valence electrons. The Morgan fingerprint density at radius 2 is 2.39 bits per heavy atom. The Kier molecular flexibility index (Phi) is 4.07. The van der Waals surface area contributed by atoms with Crippen molar-refractivity contribution in [2.45, 2.75) is 64.1 Å². The molecule has 1 saturated carbocycles. The van der Waals surface area contributed by atoms with Gasteiger partial charge in [-0.1, -0.05) is 13.8 Å². The zero-order valence-electron chi connectivity index (χ0n) is 11.7. The average Bonchev–Trinajstić information content (AvgIpc) is 2.75. The summed E-state index contributed by atoms with van der Waals surface area (Å²) in [7, 11) is 0. The Morgan fingerprint density at radius 3 is 2.94 bits per heavy atom. The lowest BCUT2D eigenvalue weighted by Crippen LogP contribution is -2.54. The van der Waals surface area contributed by atoms with E-state index in [-0.39, 0.29) is 12.1 Å². The number of nitrogens with one attached hydrogen (secondary N) is 1. The highest BCUT2D eigenvalue weighted by Gasteiger charge is 2.36. The van der Waals surface area contributed by atoms with Crippen LogP contribution in [0.3, 0.4) is 0 Å². The number of hydrogen-bond acceptors (Lipinski definition) is 3. The van der Waals surface area contributed by atoms with Gasteiger partial charge in [0.05, 0.1) is 18.8 Å². The van der Waals surface area contributed by atoms with Crippen LogP contribution in [-0.4, -0.2) is 33.1 Å². The smallest absolute Gasteiger partial charge is 0.0614 e. The summed E-state index contributed by atoms with van der Waals surface area (Å²) < 4.78 is 2.07. The van der Waals surface area contributed by atoms with Crippen LogP contribution in [0.25, 0.3) is 0 Å². The molecular formula is C14H25N3O. The summed E-state index contributed by atoms with van der Waals surface area (Å²) in [5.74, 6) is 0. The predicted molar refractivity (Wildman–Crippen MR) is 72.6 cm³/mol. The molecule has 0 spiro atoms. The molecule has 2 unspecified atom stereocenters. The van der Waals surface area contributed by atoms with E-state index >= 15 is 0 Å². The van der Waals surface area contributed by atoms with Gasteiger partial charge >= 0.3 is 0 Å². The van der Waals surface area contributed by atoms with Gasteiger partial charge in [0.1, 0.15) is 0 Å². The van der Waals surface area contributed by atoms with Crippen LogP contribution in [0.2, 0.25) is 0 Å². The second kappa shape index (κ2) is 5.41. The number of aromatic nitrogens is 2. The minimum Gasteiger partial charge on any atom is -0.394 e. The fourth-order valence-corrected chi connectivity index (χ4v) is 3.12. The summed E-state index contributed by atoms with van der Waals surface area (Å²) in [6.07, 6.45) is 8.33. The average molecular weight is 251 g/mol. The van der Waals surface area contributed by atoms with Gasteiger partial charge in [-0.3, -0.25) is 4.68 Å². The van der Waals surface area contributed by atoms with Gasteiger partial charge < -0.3 is 10.4 Å². The largest absolute Gasteiger partial charge is 0.394 e. The third kappa shape index (κ3) is 2.93. The zero-order chi connectivity index (χ0) is 13.2. The second-order valence-electron chi connectivity index (χ2n) is 5.99. The molecule has 18 heavy (non-hydrogen) atoms. The molecule has 1 heterocycles. The number of aliphatic hydroxyl groups excluding tert-OH is 1. The first-order valence-electron chi connectivity index (χ1n) is 6.94. The van der Waals surface area contributed by atoms with Gasteiger partial charge in [0.15, 0.2) is 0 Å². The minimum absolute atomic E-state index is 0.128. The number of aliphatic hydroxyl groups is 1. The fraction of sp³-hybridized carbons (Fsp3) is 0.786. The van der Waals surface area contributed by atoms with Gasteiger partial charge in [-0.15, -0.1) is 0 Å². The van der Waals surface area contributed by atoms with E-state index in [1.54, 1.807) is 0 Å². The van der Waals surface area contributed by atoms with Crippen LogP contribution in [0.4, 0.5) is 0 Å². The maximum Gasteiger partial charge on any atom is 0.0614 e. The first kappa shape index (κ1) is 13.6. The van der Waals surface area contributed by atoms with Gasteiger partial charge in [-0.2, -0.15) is 5.10 Å². The molecule has 4 heteroatoms. The molecule has 0 radical (unpaired) electrons. The van der Waals surface area contributed by atoms with Gasteiger partial charge in [0, 0.05) is 17.8 Å². The molecule has 1 aromatic heterocycles. The van der Waals surface area contributed by atoms with Crippen molar-refractivity contribution in [3.8, 4) is 0 Å². The summed E-state index contributed by atoms with van der Waals surface area (Å²) in [6.45, 7) is 6.55. The Bertz CT molecular complexity index is 388. The van der Waals surface area contributed by atoms with E-state index < -0.39 is 0 Å². The van der Waals surface area contributed by atoms with Crippen molar-refractivity contribution in [2.24, 2.45) is 0 Å². The van der Waals surface area contributed by atoms with E-state index in [1.807, 2.05) is 6.20 Å². The quantitative estimate of drug-likeness (QED) is 0.861. The molecule has 1 aromatic rings. The molecule has 0 aromatic carbocycles. The Balaban J connectivity index is 2.11. The number of nitrogens with zero attached hydrogens (tertiary/aromatic N) is 2. The Labute approximate surface area is 109 Å². The van der Waals surface area contributed by atoms with Gasteiger partial charge in [-0.25, -0.2) is 0 Å². The highest BCUT2D eigenvalue weighted by atomic mass is 16.3. The highest BCUT2D eigenvalue weighted by molar-refractivity contribution is 5.03. The SMILES string of the molecule is Cc1cnn(C2CCCC(CO)(NC(C)C)C2)c1. The maximum atomic E-state index is 9.77. The minimum atomic E-state index is -0.128. The molecule has 4 nitrogen and oxygen atoms in total. The van der Waals surface area contributed by atoms with Crippen LogP contribution in [-0.2, 0) is 0 Å².